The summed E-state index contributed by atoms with van der Waals surface area (Å²) in [5.74, 6) is 2.27. The van der Waals surface area contributed by atoms with Crippen molar-refractivity contribution < 1.29 is 4.74 Å². The Labute approximate surface area is 127 Å². The molecule has 1 aromatic carbocycles. The van der Waals surface area contributed by atoms with E-state index in [0.29, 0.717) is 0 Å². The number of nitrogens with one attached hydrogen (secondary N) is 1. The van der Waals surface area contributed by atoms with Gasteiger partial charge >= 0.3 is 0 Å². The van der Waals surface area contributed by atoms with Crippen LogP contribution in [0.2, 0.25) is 0 Å². The molecule has 1 unspecified atom stereocenters. The van der Waals surface area contributed by atoms with Crippen molar-refractivity contribution in [2.75, 3.05) is 39.0 Å². The molecule has 0 aliphatic carbocycles. The molecule has 0 aromatic heterocycles. The number of rotatable bonds is 7. The zero-order chi connectivity index (χ0) is 14.2. The first-order chi connectivity index (χ1) is 9.83. The average Bonchev–Trinajstić information content (AvgIpc) is 2.49. The van der Waals surface area contributed by atoms with Crippen LogP contribution in [0, 0.1) is 0 Å². The summed E-state index contributed by atoms with van der Waals surface area (Å²) in [4.78, 5) is 2.53. The molecule has 0 spiro atoms. The fourth-order valence-corrected chi connectivity index (χ4v) is 3.75. The van der Waals surface area contributed by atoms with Gasteiger partial charge in [-0.2, -0.15) is 11.8 Å². The summed E-state index contributed by atoms with van der Waals surface area (Å²) in [6.07, 6.45) is 1.27. The zero-order valence-electron chi connectivity index (χ0n) is 12.6. The van der Waals surface area contributed by atoms with E-state index in [2.05, 4.69) is 47.1 Å². The monoisotopic (exact) mass is 294 g/mol. The van der Waals surface area contributed by atoms with Gasteiger partial charge in [-0.15, -0.1) is 0 Å². The standard InChI is InChI=1S/C16H26N2OS/c1-3-15-13-18(9-11-20-15)8-10-19-16-7-5-4-6-14(16)12-17-2/h4-7,15,17H,3,8-13H2,1-2H3. The van der Waals surface area contributed by atoms with Gasteiger partial charge < -0.3 is 10.1 Å². The minimum atomic E-state index is 0.780. The van der Waals surface area contributed by atoms with Crippen LogP contribution in [0.3, 0.4) is 0 Å². The first-order valence-electron chi connectivity index (χ1n) is 7.52. The van der Waals surface area contributed by atoms with Gasteiger partial charge in [0.1, 0.15) is 12.4 Å². The largest absolute Gasteiger partial charge is 0.492 e. The molecule has 0 bridgehead atoms. The summed E-state index contributed by atoms with van der Waals surface area (Å²) in [6, 6.07) is 8.29. The van der Waals surface area contributed by atoms with Crippen molar-refractivity contribution in [3.63, 3.8) is 0 Å². The lowest BCUT2D eigenvalue weighted by molar-refractivity contribution is 0.211. The Morgan fingerprint density at radius 3 is 3.05 bits per heavy atom. The van der Waals surface area contributed by atoms with Gasteiger partial charge in [-0.3, -0.25) is 4.90 Å². The van der Waals surface area contributed by atoms with Crippen LogP contribution >= 0.6 is 11.8 Å². The quantitative estimate of drug-likeness (QED) is 0.835. The van der Waals surface area contributed by atoms with Gasteiger partial charge in [0.15, 0.2) is 0 Å². The topological polar surface area (TPSA) is 24.5 Å². The number of benzene rings is 1. The van der Waals surface area contributed by atoms with Gasteiger partial charge in [-0.05, 0) is 19.5 Å². The molecule has 1 fully saturated rings. The molecule has 3 nitrogen and oxygen atoms in total. The number of nitrogens with zero attached hydrogens (tertiary/aromatic N) is 1. The summed E-state index contributed by atoms with van der Waals surface area (Å²) in [6.45, 7) is 7.36. The minimum Gasteiger partial charge on any atom is -0.492 e. The summed E-state index contributed by atoms with van der Waals surface area (Å²) in [5.41, 5.74) is 1.23. The third kappa shape index (κ3) is 4.69. The maximum Gasteiger partial charge on any atom is 0.123 e. The molecule has 0 amide bonds. The average molecular weight is 294 g/mol. The maximum absolute atomic E-state index is 5.97. The van der Waals surface area contributed by atoms with Crippen molar-refractivity contribution in [1.82, 2.24) is 10.2 Å². The Kier molecular flexibility index (Phi) is 6.70. The first-order valence-corrected chi connectivity index (χ1v) is 8.57. The fourth-order valence-electron chi connectivity index (χ4n) is 2.50. The van der Waals surface area contributed by atoms with Crippen LogP contribution in [0.5, 0.6) is 5.75 Å². The summed E-state index contributed by atoms with van der Waals surface area (Å²) < 4.78 is 5.97. The minimum absolute atomic E-state index is 0.780. The van der Waals surface area contributed by atoms with Crippen LogP contribution in [-0.4, -0.2) is 49.2 Å². The smallest absolute Gasteiger partial charge is 0.123 e. The summed E-state index contributed by atoms with van der Waals surface area (Å²) >= 11 is 2.12. The lowest BCUT2D eigenvalue weighted by atomic mass is 10.2. The van der Waals surface area contributed by atoms with Crippen molar-refractivity contribution in [1.29, 1.82) is 0 Å². The number of para-hydroxylation sites is 1. The Balaban J connectivity index is 1.78. The van der Waals surface area contributed by atoms with Gasteiger partial charge in [-0.1, -0.05) is 25.1 Å². The van der Waals surface area contributed by atoms with Gasteiger partial charge in [0.25, 0.3) is 0 Å². The molecular formula is C16H26N2OS. The third-order valence-electron chi connectivity index (χ3n) is 3.68. The van der Waals surface area contributed by atoms with E-state index >= 15 is 0 Å². The van der Waals surface area contributed by atoms with Crippen LogP contribution in [0.1, 0.15) is 18.9 Å². The number of ether oxygens (including phenoxy) is 1. The molecule has 1 aliphatic rings. The molecule has 1 heterocycles. The highest BCUT2D eigenvalue weighted by Gasteiger charge is 2.18. The molecular weight excluding hydrogens is 268 g/mol. The molecule has 1 aliphatic heterocycles. The van der Waals surface area contributed by atoms with E-state index in [1.165, 1.54) is 30.8 Å². The van der Waals surface area contributed by atoms with Crippen molar-refractivity contribution in [3.05, 3.63) is 29.8 Å². The van der Waals surface area contributed by atoms with Crippen molar-refractivity contribution in [2.24, 2.45) is 0 Å². The second-order valence-electron chi connectivity index (χ2n) is 5.19. The van der Waals surface area contributed by atoms with Gasteiger partial charge in [0.05, 0.1) is 0 Å². The first kappa shape index (κ1) is 15.7. The highest BCUT2D eigenvalue weighted by atomic mass is 32.2. The predicted octanol–water partition coefficient (Wildman–Crippen LogP) is 2.61. The van der Waals surface area contributed by atoms with Gasteiger partial charge in [0.2, 0.25) is 0 Å². The molecule has 0 radical (unpaired) electrons. The molecule has 1 aromatic rings. The van der Waals surface area contributed by atoms with Crippen molar-refractivity contribution in [2.45, 2.75) is 25.1 Å². The van der Waals surface area contributed by atoms with E-state index in [0.717, 1.165) is 30.7 Å². The molecule has 0 saturated carbocycles. The second-order valence-corrected chi connectivity index (χ2v) is 6.60. The fraction of sp³-hybridized carbons (Fsp3) is 0.625. The van der Waals surface area contributed by atoms with Gasteiger partial charge in [-0.25, -0.2) is 0 Å². The second kappa shape index (κ2) is 8.55. The lowest BCUT2D eigenvalue weighted by Crippen LogP contribution is -2.39. The van der Waals surface area contributed by atoms with Crippen molar-refractivity contribution in [3.8, 4) is 5.75 Å². The molecule has 112 valence electrons. The van der Waals surface area contributed by atoms with E-state index in [1.807, 2.05) is 13.1 Å². The van der Waals surface area contributed by atoms with Crippen LogP contribution in [0.25, 0.3) is 0 Å². The Morgan fingerprint density at radius 1 is 1.40 bits per heavy atom. The molecule has 4 heteroatoms. The molecule has 1 atom stereocenters. The molecule has 1 N–H and O–H groups in total. The Bertz CT molecular complexity index is 400. The lowest BCUT2D eigenvalue weighted by Gasteiger charge is -2.31. The van der Waals surface area contributed by atoms with Crippen LogP contribution < -0.4 is 10.1 Å². The third-order valence-corrected chi connectivity index (χ3v) is 5.06. The molecule has 2 rings (SSSR count). The van der Waals surface area contributed by atoms with E-state index in [4.69, 9.17) is 4.74 Å². The highest BCUT2D eigenvalue weighted by molar-refractivity contribution is 8.00. The van der Waals surface area contributed by atoms with Crippen LogP contribution in [0.15, 0.2) is 24.3 Å². The zero-order valence-corrected chi connectivity index (χ0v) is 13.4. The number of hydrogen-bond donors (Lipinski definition) is 1. The number of hydrogen-bond acceptors (Lipinski definition) is 4. The highest BCUT2D eigenvalue weighted by Crippen LogP contribution is 2.21. The van der Waals surface area contributed by atoms with Crippen LogP contribution in [0.4, 0.5) is 0 Å². The predicted molar refractivity (Wildman–Crippen MR) is 87.7 cm³/mol. The van der Waals surface area contributed by atoms with E-state index in [-0.39, 0.29) is 0 Å². The van der Waals surface area contributed by atoms with Gasteiger partial charge in [0, 0.05) is 42.7 Å². The summed E-state index contributed by atoms with van der Waals surface area (Å²) in [7, 11) is 1.97. The Hall–Kier alpha value is -0.710. The van der Waals surface area contributed by atoms with E-state index in [9.17, 15) is 0 Å². The maximum atomic E-state index is 5.97. The normalized spacial score (nSPS) is 20.0. The summed E-state index contributed by atoms with van der Waals surface area (Å²) in [5, 5.41) is 3.99. The molecule has 1 saturated heterocycles. The molecule has 20 heavy (non-hydrogen) atoms. The van der Waals surface area contributed by atoms with E-state index in [1.54, 1.807) is 0 Å². The Morgan fingerprint density at radius 2 is 2.25 bits per heavy atom. The van der Waals surface area contributed by atoms with Crippen molar-refractivity contribution >= 4 is 11.8 Å². The van der Waals surface area contributed by atoms with Crippen LogP contribution in [-0.2, 0) is 6.54 Å². The number of thioether (sulfide) groups is 1. The van der Waals surface area contributed by atoms with E-state index < -0.39 is 0 Å². The SMILES string of the molecule is CCC1CN(CCOc2ccccc2CNC)CCS1.